The molecule has 1 fully saturated rings. The molecule has 31 heavy (non-hydrogen) atoms. The van der Waals surface area contributed by atoms with Crippen molar-refractivity contribution in [3.8, 4) is 5.75 Å². The smallest absolute Gasteiger partial charge is 0.191 e. The van der Waals surface area contributed by atoms with E-state index < -0.39 is 0 Å². The molecule has 1 aliphatic heterocycles. The van der Waals surface area contributed by atoms with E-state index in [0.29, 0.717) is 25.7 Å². The van der Waals surface area contributed by atoms with Gasteiger partial charge in [0.25, 0.3) is 0 Å². The van der Waals surface area contributed by atoms with Crippen molar-refractivity contribution in [2.24, 2.45) is 10.9 Å². The number of hydrogen-bond donors (Lipinski definition) is 2. The van der Waals surface area contributed by atoms with Gasteiger partial charge < -0.3 is 29.7 Å². The number of ether oxygens (including phenoxy) is 3. The Bertz CT molecular complexity index is 652. The molecule has 2 N–H and O–H groups in total. The molecule has 1 saturated heterocycles. The lowest BCUT2D eigenvalue weighted by molar-refractivity contribution is 0.0548. The van der Waals surface area contributed by atoms with Gasteiger partial charge in [0.05, 0.1) is 19.3 Å². The summed E-state index contributed by atoms with van der Waals surface area (Å²) in [6.45, 7) is 9.53. The molecule has 0 spiro atoms. The number of benzene rings is 1. The molecular formula is C23H41IN4O3. The van der Waals surface area contributed by atoms with E-state index in [9.17, 15) is 0 Å². The van der Waals surface area contributed by atoms with Gasteiger partial charge in [-0.05, 0) is 52.4 Å². The fourth-order valence-electron chi connectivity index (χ4n) is 3.36. The van der Waals surface area contributed by atoms with E-state index in [0.717, 1.165) is 56.4 Å². The third-order valence-electron chi connectivity index (χ3n) is 5.19. The first-order chi connectivity index (χ1) is 14.5. The molecule has 1 aromatic rings. The van der Waals surface area contributed by atoms with E-state index in [1.165, 1.54) is 5.56 Å². The maximum Gasteiger partial charge on any atom is 0.191 e. The van der Waals surface area contributed by atoms with Crippen LogP contribution < -0.4 is 15.4 Å². The lowest BCUT2D eigenvalue weighted by atomic mass is 10.1. The summed E-state index contributed by atoms with van der Waals surface area (Å²) in [6, 6.07) is 6.34. The molecule has 0 saturated carbocycles. The summed E-state index contributed by atoms with van der Waals surface area (Å²) in [5.41, 5.74) is 2.32. The number of halogens is 1. The molecule has 1 aliphatic rings. The summed E-state index contributed by atoms with van der Waals surface area (Å²) >= 11 is 0. The van der Waals surface area contributed by atoms with Crippen LogP contribution >= 0.6 is 24.0 Å². The minimum absolute atomic E-state index is 0. The van der Waals surface area contributed by atoms with Crippen molar-refractivity contribution in [3.05, 3.63) is 29.3 Å². The number of nitrogens with zero attached hydrogens (tertiary/aromatic N) is 2. The lowest BCUT2D eigenvalue weighted by Crippen LogP contribution is -2.42. The van der Waals surface area contributed by atoms with Crippen molar-refractivity contribution >= 4 is 29.9 Å². The van der Waals surface area contributed by atoms with Gasteiger partial charge in [-0.25, -0.2) is 0 Å². The van der Waals surface area contributed by atoms with Crippen LogP contribution in [0.1, 0.15) is 30.9 Å². The number of rotatable bonds is 12. The molecular weight excluding hydrogens is 507 g/mol. The molecule has 2 atom stereocenters. The quantitative estimate of drug-likeness (QED) is 0.238. The Balaban J connectivity index is 0.00000480. The largest absolute Gasteiger partial charge is 0.493 e. The monoisotopic (exact) mass is 548 g/mol. The minimum atomic E-state index is 0. The first kappa shape index (κ1) is 27.9. The van der Waals surface area contributed by atoms with Crippen LogP contribution in [-0.4, -0.2) is 77.6 Å². The van der Waals surface area contributed by atoms with Gasteiger partial charge in [0.15, 0.2) is 5.96 Å². The van der Waals surface area contributed by atoms with Crippen molar-refractivity contribution in [3.63, 3.8) is 0 Å². The van der Waals surface area contributed by atoms with Crippen LogP contribution in [0, 0.1) is 12.8 Å². The van der Waals surface area contributed by atoms with Crippen molar-refractivity contribution in [1.82, 2.24) is 15.5 Å². The predicted octanol–water partition coefficient (Wildman–Crippen LogP) is 3.05. The molecule has 7 nitrogen and oxygen atoms in total. The first-order valence-corrected chi connectivity index (χ1v) is 11.0. The van der Waals surface area contributed by atoms with Gasteiger partial charge in [-0.1, -0.05) is 12.1 Å². The number of hydrogen-bond acceptors (Lipinski definition) is 5. The molecule has 0 amide bonds. The topological polar surface area (TPSA) is 67.4 Å². The number of guanidine groups is 1. The van der Waals surface area contributed by atoms with Crippen molar-refractivity contribution in [2.45, 2.75) is 39.3 Å². The van der Waals surface area contributed by atoms with Gasteiger partial charge in [-0.15, -0.1) is 24.0 Å². The van der Waals surface area contributed by atoms with Crippen LogP contribution in [0.2, 0.25) is 0 Å². The average Bonchev–Trinajstić information content (AvgIpc) is 3.25. The average molecular weight is 549 g/mol. The Morgan fingerprint density at radius 2 is 2.13 bits per heavy atom. The Kier molecular flexibility index (Phi) is 14.1. The van der Waals surface area contributed by atoms with Crippen LogP contribution in [0.4, 0.5) is 0 Å². The summed E-state index contributed by atoms with van der Waals surface area (Å²) in [5, 5.41) is 6.80. The molecule has 0 bridgehead atoms. The lowest BCUT2D eigenvalue weighted by Gasteiger charge is -2.21. The summed E-state index contributed by atoms with van der Waals surface area (Å²) in [5.74, 6) is 2.18. The zero-order valence-electron chi connectivity index (χ0n) is 19.8. The molecule has 2 rings (SSSR count). The Morgan fingerprint density at radius 3 is 2.77 bits per heavy atom. The van der Waals surface area contributed by atoms with Gasteiger partial charge in [0, 0.05) is 51.4 Å². The maximum atomic E-state index is 6.15. The highest BCUT2D eigenvalue weighted by Crippen LogP contribution is 2.22. The van der Waals surface area contributed by atoms with E-state index in [2.05, 4.69) is 59.7 Å². The number of aryl methyl sites for hydroxylation is 1. The zero-order chi connectivity index (χ0) is 21.8. The molecule has 1 heterocycles. The van der Waals surface area contributed by atoms with Crippen molar-refractivity contribution in [1.29, 1.82) is 0 Å². The fourth-order valence-corrected chi connectivity index (χ4v) is 3.36. The van der Waals surface area contributed by atoms with E-state index in [1.54, 1.807) is 7.05 Å². The van der Waals surface area contributed by atoms with Gasteiger partial charge >= 0.3 is 0 Å². The molecule has 2 unspecified atom stereocenters. The standard InChI is InChI=1S/C23H40N4O3.HI/c1-6-29-21(9-11-27(4)5)15-26-23(24-3)25-14-20-8-7-18(2)13-22(20)30-17-19-10-12-28-16-19;/h7-8,13,19,21H,6,9-12,14-17H2,1-5H3,(H2,24,25,26);1H. The maximum absolute atomic E-state index is 6.15. The second-order valence-corrected chi connectivity index (χ2v) is 8.13. The van der Waals surface area contributed by atoms with E-state index in [-0.39, 0.29) is 30.1 Å². The fraction of sp³-hybridized carbons (Fsp3) is 0.696. The zero-order valence-corrected chi connectivity index (χ0v) is 22.1. The Morgan fingerprint density at radius 1 is 1.32 bits per heavy atom. The second kappa shape index (κ2) is 15.7. The number of nitrogens with one attached hydrogen (secondary N) is 2. The highest BCUT2D eigenvalue weighted by atomic mass is 127. The first-order valence-electron chi connectivity index (χ1n) is 11.0. The number of aliphatic imine (C=N–C) groups is 1. The van der Waals surface area contributed by atoms with E-state index >= 15 is 0 Å². The third-order valence-corrected chi connectivity index (χ3v) is 5.19. The van der Waals surface area contributed by atoms with Crippen LogP contribution in [0.15, 0.2) is 23.2 Å². The molecule has 0 radical (unpaired) electrons. The summed E-state index contributed by atoms with van der Waals surface area (Å²) in [4.78, 5) is 6.53. The molecule has 1 aromatic carbocycles. The summed E-state index contributed by atoms with van der Waals surface area (Å²) in [7, 11) is 5.95. The van der Waals surface area contributed by atoms with E-state index in [1.807, 2.05) is 6.92 Å². The van der Waals surface area contributed by atoms with Gasteiger partial charge in [-0.2, -0.15) is 0 Å². The van der Waals surface area contributed by atoms with Crippen molar-refractivity contribution in [2.75, 3.05) is 60.7 Å². The van der Waals surface area contributed by atoms with Crippen LogP contribution in [0.5, 0.6) is 5.75 Å². The van der Waals surface area contributed by atoms with E-state index in [4.69, 9.17) is 14.2 Å². The molecule has 178 valence electrons. The second-order valence-electron chi connectivity index (χ2n) is 8.13. The molecule has 0 aromatic heterocycles. The van der Waals surface area contributed by atoms with Crippen LogP contribution in [0.25, 0.3) is 0 Å². The van der Waals surface area contributed by atoms with Gasteiger partial charge in [0.1, 0.15) is 5.75 Å². The summed E-state index contributed by atoms with van der Waals surface area (Å²) < 4.78 is 17.5. The normalized spacial score (nSPS) is 17.4. The van der Waals surface area contributed by atoms with Crippen molar-refractivity contribution < 1.29 is 14.2 Å². The molecule has 8 heteroatoms. The predicted molar refractivity (Wildman–Crippen MR) is 138 cm³/mol. The molecule has 0 aliphatic carbocycles. The van der Waals surface area contributed by atoms with Gasteiger partial charge in [-0.3, -0.25) is 4.99 Å². The highest BCUT2D eigenvalue weighted by Gasteiger charge is 2.17. The third kappa shape index (κ3) is 10.9. The Labute approximate surface area is 205 Å². The minimum Gasteiger partial charge on any atom is -0.493 e. The van der Waals surface area contributed by atoms with Crippen LogP contribution in [0.3, 0.4) is 0 Å². The van der Waals surface area contributed by atoms with Crippen LogP contribution in [-0.2, 0) is 16.0 Å². The Hall–Kier alpha value is -1.10. The summed E-state index contributed by atoms with van der Waals surface area (Å²) in [6.07, 6.45) is 2.21. The highest BCUT2D eigenvalue weighted by molar-refractivity contribution is 14.0. The van der Waals surface area contributed by atoms with Gasteiger partial charge in [0.2, 0.25) is 0 Å². The SMILES string of the molecule is CCOC(CCN(C)C)CNC(=NC)NCc1ccc(C)cc1OCC1CCOC1.I.